The largest absolute Gasteiger partial charge is 0.396 e. The lowest BCUT2D eigenvalue weighted by Gasteiger charge is -2.36. The molecule has 3 heteroatoms. The van der Waals surface area contributed by atoms with Gasteiger partial charge in [-0.25, -0.2) is 0 Å². The number of rotatable bonds is 5. The fraction of sp³-hybridized carbons (Fsp3) is 1.00. The molecule has 0 aromatic carbocycles. The SMILES string of the molecule is CC1(C)CC(NCCCCO)CCO1. The third-order valence-electron chi connectivity index (χ3n) is 2.71. The molecule has 0 spiro atoms. The van der Waals surface area contributed by atoms with Crippen molar-refractivity contribution in [2.24, 2.45) is 0 Å². The Hall–Kier alpha value is -0.120. The fourth-order valence-electron chi connectivity index (χ4n) is 1.95. The van der Waals surface area contributed by atoms with E-state index in [0.717, 1.165) is 38.8 Å². The molecule has 0 aromatic rings. The smallest absolute Gasteiger partial charge is 0.0641 e. The van der Waals surface area contributed by atoms with Crippen LogP contribution in [0.1, 0.15) is 39.5 Å². The van der Waals surface area contributed by atoms with E-state index in [1.165, 1.54) is 0 Å². The standard InChI is InChI=1S/C11H23NO2/c1-11(2)9-10(5-8-14-11)12-6-3-4-7-13/h10,12-13H,3-9H2,1-2H3. The summed E-state index contributed by atoms with van der Waals surface area (Å²) in [5.74, 6) is 0. The molecule has 14 heavy (non-hydrogen) atoms. The molecule has 0 bridgehead atoms. The quantitative estimate of drug-likeness (QED) is 0.659. The van der Waals surface area contributed by atoms with E-state index in [1.807, 2.05) is 0 Å². The van der Waals surface area contributed by atoms with Crippen molar-refractivity contribution < 1.29 is 9.84 Å². The molecule has 0 radical (unpaired) electrons. The highest BCUT2D eigenvalue weighted by Crippen LogP contribution is 2.23. The molecule has 1 fully saturated rings. The average molecular weight is 201 g/mol. The summed E-state index contributed by atoms with van der Waals surface area (Å²) in [4.78, 5) is 0. The van der Waals surface area contributed by atoms with Crippen molar-refractivity contribution in [1.82, 2.24) is 5.32 Å². The number of aliphatic hydroxyl groups excluding tert-OH is 1. The summed E-state index contributed by atoms with van der Waals surface area (Å²) in [6, 6.07) is 0.595. The Kier molecular flexibility index (Phi) is 4.85. The van der Waals surface area contributed by atoms with E-state index < -0.39 is 0 Å². The Morgan fingerprint density at radius 3 is 2.86 bits per heavy atom. The molecule has 1 rings (SSSR count). The summed E-state index contributed by atoms with van der Waals surface area (Å²) in [7, 11) is 0. The zero-order chi connectivity index (χ0) is 10.4. The first-order valence-corrected chi connectivity index (χ1v) is 5.62. The molecule has 1 atom stereocenters. The van der Waals surface area contributed by atoms with Crippen LogP contribution in [0.3, 0.4) is 0 Å². The summed E-state index contributed by atoms with van der Waals surface area (Å²) in [5, 5.41) is 12.2. The number of hydrogen-bond donors (Lipinski definition) is 2. The molecular weight excluding hydrogens is 178 g/mol. The van der Waals surface area contributed by atoms with Crippen LogP contribution in [0.4, 0.5) is 0 Å². The van der Waals surface area contributed by atoms with Gasteiger partial charge >= 0.3 is 0 Å². The highest BCUT2D eigenvalue weighted by Gasteiger charge is 2.28. The van der Waals surface area contributed by atoms with Crippen molar-refractivity contribution in [1.29, 1.82) is 0 Å². The highest BCUT2D eigenvalue weighted by atomic mass is 16.5. The number of unbranched alkanes of at least 4 members (excludes halogenated alkanes) is 1. The van der Waals surface area contributed by atoms with Crippen LogP contribution in [-0.4, -0.2) is 36.5 Å². The molecule has 1 saturated heterocycles. The second-order valence-corrected chi connectivity index (χ2v) is 4.68. The van der Waals surface area contributed by atoms with E-state index in [-0.39, 0.29) is 5.60 Å². The van der Waals surface area contributed by atoms with Gasteiger partial charge in [0.05, 0.1) is 5.60 Å². The Morgan fingerprint density at radius 2 is 2.21 bits per heavy atom. The summed E-state index contributed by atoms with van der Waals surface area (Å²) < 4.78 is 5.64. The van der Waals surface area contributed by atoms with Crippen LogP contribution < -0.4 is 5.32 Å². The van der Waals surface area contributed by atoms with Crippen molar-refractivity contribution in [3.63, 3.8) is 0 Å². The van der Waals surface area contributed by atoms with Gasteiger partial charge in [0.1, 0.15) is 0 Å². The molecule has 0 aliphatic carbocycles. The summed E-state index contributed by atoms with van der Waals surface area (Å²) in [5.41, 5.74) is 0.0346. The first-order chi connectivity index (χ1) is 6.64. The minimum atomic E-state index is 0.0346. The maximum absolute atomic E-state index is 8.64. The monoisotopic (exact) mass is 201 g/mol. The van der Waals surface area contributed by atoms with Gasteiger partial charge in [0, 0.05) is 19.3 Å². The third-order valence-corrected chi connectivity index (χ3v) is 2.71. The van der Waals surface area contributed by atoms with Gasteiger partial charge in [-0.15, -0.1) is 0 Å². The second kappa shape index (κ2) is 5.69. The summed E-state index contributed by atoms with van der Waals surface area (Å²) in [6.07, 6.45) is 4.17. The lowest BCUT2D eigenvalue weighted by molar-refractivity contribution is -0.0628. The number of ether oxygens (including phenoxy) is 1. The second-order valence-electron chi connectivity index (χ2n) is 4.68. The zero-order valence-electron chi connectivity index (χ0n) is 9.38. The summed E-state index contributed by atoms with van der Waals surface area (Å²) >= 11 is 0. The molecular formula is C11H23NO2. The Bertz CT molecular complexity index is 159. The Balaban J connectivity index is 2.12. The Morgan fingerprint density at radius 1 is 1.43 bits per heavy atom. The van der Waals surface area contributed by atoms with Gasteiger partial charge < -0.3 is 15.2 Å². The van der Waals surface area contributed by atoms with Crippen LogP contribution in [0, 0.1) is 0 Å². The van der Waals surface area contributed by atoms with Crippen molar-refractivity contribution in [2.75, 3.05) is 19.8 Å². The molecule has 1 unspecified atom stereocenters. The van der Waals surface area contributed by atoms with Crippen LogP contribution in [0.15, 0.2) is 0 Å². The van der Waals surface area contributed by atoms with Gasteiger partial charge in [0.15, 0.2) is 0 Å². The topological polar surface area (TPSA) is 41.5 Å². The third kappa shape index (κ3) is 4.40. The lowest BCUT2D eigenvalue weighted by atomic mass is 9.94. The lowest BCUT2D eigenvalue weighted by Crippen LogP contribution is -2.43. The van der Waals surface area contributed by atoms with Crippen LogP contribution in [0.2, 0.25) is 0 Å². The predicted octanol–water partition coefficient (Wildman–Crippen LogP) is 1.31. The highest BCUT2D eigenvalue weighted by molar-refractivity contribution is 4.82. The summed E-state index contributed by atoms with van der Waals surface area (Å²) in [6.45, 7) is 6.48. The van der Waals surface area contributed by atoms with E-state index >= 15 is 0 Å². The van der Waals surface area contributed by atoms with Crippen LogP contribution in [0.5, 0.6) is 0 Å². The minimum absolute atomic E-state index is 0.0346. The van der Waals surface area contributed by atoms with Crippen molar-refractivity contribution >= 4 is 0 Å². The van der Waals surface area contributed by atoms with Gasteiger partial charge in [0.2, 0.25) is 0 Å². The van der Waals surface area contributed by atoms with Crippen molar-refractivity contribution in [3.8, 4) is 0 Å². The van der Waals surface area contributed by atoms with E-state index in [2.05, 4.69) is 19.2 Å². The maximum Gasteiger partial charge on any atom is 0.0641 e. The average Bonchev–Trinajstić information content (AvgIpc) is 2.11. The predicted molar refractivity (Wildman–Crippen MR) is 57.4 cm³/mol. The van der Waals surface area contributed by atoms with Gasteiger partial charge in [-0.1, -0.05) is 0 Å². The number of aliphatic hydroxyl groups is 1. The molecule has 3 nitrogen and oxygen atoms in total. The molecule has 84 valence electrons. The molecule has 0 saturated carbocycles. The molecule has 1 heterocycles. The molecule has 0 aromatic heterocycles. The number of nitrogens with one attached hydrogen (secondary N) is 1. The van der Waals surface area contributed by atoms with Crippen molar-refractivity contribution in [3.05, 3.63) is 0 Å². The van der Waals surface area contributed by atoms with Gasteiger partial charge in [-0.05, 0) is 46.1 Å². The number of hydrogen-bond acceptors (Lipinski definition) is 3. The van der Waals surface area contributed by atoms with E-state index in [0.29, 0.717) is 12.6 Å². The van der Waals surface area contributed by atoms with E-state index in [9.17, 15) is 0 Å². The van der Waals surface area contributed by atoms with Crippen molar-refractivity contribution in [2.45, 2.75) is 51.2 Å². The normalized spacial score (nSPS) is 26.4. The minimum Gasteiger partial charge on any atom is -0.396 e. The molecule has 1 aliphatic rings. The van der Waals surface area contributed by atoms with Gasteiger partial charge in [0.25, 0.3) is 0 Å². The molecule has 1 aliphatic heterocycles. The first-order valence-electron chi connectivity index (χ1n) is 5.62. The fourth-order valence-corrected chi connectivity index (χ4v) is 1.95. The van der Waals surface area contributed by atoms with Gasteiger partial charge in [-0.3, -0.25) is 0 Å². The molecule has 2 N–H and O–H groups in total. The Labute approximate surface area is 86.8 Å². The van der Waals surface area contributed by atoms with Gasteiger partial charge in [-0.2, -0.15) is 0 Å². The van der Waals surface area contributed by atoms with E-state index in [1.54, 1.807) is 0 Å². The van der Waals surface area contributed by atoms with Crippen LogP contribution >= 0.6 is 0 Å². The maximum atomic E-state index is 8.64. The van der Waals surface area contributed by atoms with Crippen LogP contribution in [-0.2, 0) is 4.74 Å². The van der Waals surface area contributed by atoms with Crippen LogP contribution in [0.25, 0.3) is 0 Å². The van der Waals surface area contributed by atoms with E-state index in [4.69, 9.17) is 9.84 Å². The zero-order valence-corrected chi connectivity index (χ0v) is 9.38. The first kappa shape index (κ1) is 12.0. The molecule has 0 amide bonds.